The normalized spacial score (nSPS) is 22.0. The Morgan fingerprint density at radius 2 is 1.86 bits per heavy atom. The Kier molecular flexibility index (Phi) is 5.61. The van der Waals surface area contributed by atoms with Crippen molar-refractivity contribution in [2.24, 2.45) is 11.8 Å². The van der Waals surface area contributed by atoms with Crippen LogP contribution in [0.15, 0.2) is 24.3 Å². The molecular weight excluding hydrogens is 379 g/mol. The molecule has 5 heteroatoms. The number of piperidine rings is 1. The smallest absolute Gasteiger partial charge is 0.252 e. The SMILES string of the molecule is CC1CC(C)CN(C(=O)CNC(=O)c2ccccc2I)C1. The molecule has 0 bridgehead atoms. The molecule has 1 fully saturated rings. The van der Waals surface area contributed by atoms with Crippen LogP contribution in [0.25, 0.3) is 0 Å². The Balaban J connectivity index is 1.89. The molecule has 0 saturated carbocycles. The second-order valence-corrected chi connectivity index (χ2v) is 7.07. The van der Waals surface area contributed by atoms with Crippen LogP contribution in [0.1, 0.15) is 30.6 Å². The monoisotopic (exact) mass is 400 g/mol. The van der Waals surface area contributed by atoms with Crippen LogP contribution in [0.3, 0.4) is 0 Å². The maximum absolute atomic E-state index is 12.2. The third-order valence-corrected chi connectivity index (χ3v) is 4.68. The van der Waals surface area contributed by atoms with Crippen molar-refractivity contribution in [1.29, 1.82) is 0 Å². The molecule has 1 aromatic rings. The summed E-state index contributed by atoms with van der Waals surface area (Å²) in [6.07, 6.45) is 1.17. The lowest BCUT2D eigenvalue weighted by Gasteiger charge is -2.35. The number of nitrogens with zero attached hydrogens (tertiary/aromatic N) is 1. The molecule has 2 atom stereocenters. The predicted molar refractivity (Wildman–Crippen MR) is 91.0 cm³/mol. The Bertz CT molecular complexity index is 523. The number of amides is 2. The summed E-state index contributed by atoms with van der Waals surface area (Å²) in [6.45, 7) is 5.99. The molecule has 1 saturated heterocycles. The molecular formula is C16H21IN2O2. The number of nitrogens with one attached hydrogen (secondary N) is 1. The number of halogens is 1. The van der Waals surface area contributed by atoms with E-state index in [1.54, 1.807) is 6.07 Å². The standard InChI is InChI=1S/C16H21IN2O2/c1-11-7-12(2)10-19(9-11)15(20)8-18-16(21)13-5-3-4-6-14(13)17/h3-6,11-12H,7-10H2,1-2H3,(H,18,21). The quantitative estimate of drug-likeness (QED) is 0.793. The largest absolute Gasteiger partial charge is 0.343 e. The summed E-state index contributed by atoms with van der Waals surface area (Å²) < 4.78 is 0.889. The topological polar surface area (TPSA) is 49.4 Å². The van der Waals surface area contributed by atoms with E-state index < -0.39 is 0 Å². The molecule has 2 amide bonds. The Morgan fingerprint density at radius 3 is 2.48 bits per heavy atom. The maximum Gasteiger partial charge on any atom is 0.252 e. The second-order valence-electron chi connectivity index (χ2n) is 5.91. The van der Waals surface area contributed by atoms with E-state index in [2.05, 4.69) is 41.8 Å². The van der Waals surface area contributed by atoms with E-state index in [4.69, 9.17) is 0 Å². The van der Waals surface area contributed by atoms with Gasteiger partial charge in [0.15, 0.2) is 0 Å². The van der Waals surface area contributed by atoms with Crippen molar-refractivity contribution < 1.29 is 9.59 Å². The van der Waals surface area contributed by atoms with Gasteiger partial charge < -0.3 is 10.2 Å². The van der Waals surface area contributed by atoms with E-state index in [0.717, 1.165) is 16.7 Å². The lowest BCUT2D eigenvalue weighted by molar-refractivity contribution is -0.132. The first kappa shape index (κ1) is 16.3. The van der Waals surface area contributed by atoms with Gasteiger partial charge in [-0.3, -0.25) is 9.59 Å². The predicted octanol–water partition coefficient (Wildman–Crippen LogP) is 2.53. The Labute approximate surface area is 139 Å². The van der Waals surface area contributed by atoms with Gasteiger partial charge in [0.25, 0.3) is 5.91 Å². The summed E-state index contributed by atoms with van der Waals surface area (Å²) >= 11 is 2.13. The highest BCUT2D eigenvalue weighted by Gasteiger charge is 2.25. The van der Waals surface area contributed by atoms with Crippen LogP contribution in [0.5, 0.6) is 0 Å². The molecule has 1 heterocycles. The van der Waals surface area contributed by atoms with Crippen molar-refractivity contribution in [1.82, 2.24) is 10.2 Å². The van der Waals surface area contributed by atoms with Gasteiger partial charge in [-0.15, -0.1) is 0 Å². The molecule has 21 heavy (non-hydrogen) atoms. The fraction of sp³-hybridized carbons (Fsp3) is 0.500. The zero-order chi connectivity index (χ0) is 15.4. The molecule has 2 rings (SSSR count). The zero-order valence-corrected chi connectivity index (χ0v) is 14.6. The molecule has 1 aromatic carbocycles. The Morgan fingerprint density at radius 1 is 1.24 bits per heavy atom. The van der Waals surface area contributed by atoms with Crippen LogP contribution in [0.2, 0.25) is 0 Å². The molecule has 0 aromatic heterocycles. The number of hydrogen-bond acceptors (Lipinski definition) is 2. The highest BCUT2D eigenvalue weighted by Crippen LogP contribution is 2.20. The molecule has 114 valence electrons. The molecule has 0 spiro atoms. The summed E-state index contributed by atoms with van der Waals surface area (Å²) in [5.74, 6) is 0.881. The first-order chi connectivity index (χ1) is 9.97. The van der Waals surface area contributed by atoms with Crippen molar-refractivity contribution in [3.05, 3.63) is 33.4 Å². The van der Waals surface area contributed by atoms with Crippen molar-refractivity contribution in [2.45, 2.75) is 20.3 Å². The fourth-order valence-corrected chi connectivity index (χ4v) is 3.51. The lowest BCUT2D eigenvalue weighted by Crippen LogP contribution is -2.46. The van der Waals surface area contributed by atoms with Crippen LogP contribution in [-0.4, -0.2) is 36.3 Å². The van der Waals surface area contributed by atoms with Gasteiger partial charge in [-0.25, -0.2) is 0 Å². The van der Waals surface area contributed by atoms with Crippen LogP contribution in [-0.2, 0) is 4.79 Å². The van der Waals surface area contributed by atoms with Crippen LogP contribution in [0, 0.1) is 15.4 Å². The van der Waals surface area contributed by atoms with Crippen LogP contribution in [0.4, 0.5) is 0 Å². The van der Waals surface area contributed by atoms with Gasteiger partial charge in [-0.1, -0.05) is 26.0 Å². The summed E-state index contributed by atoms with van der Waals surface area (Å²) in [6, 6.07) is 7.37. The number of likely N-dealkylation sites (tertiary alicyclic amines) is 1. The minimum atomic E-state index is -0.188. The minimum absolute atomic E-state index is 0.00712. The molecule has 4 nitrogen and oxygen atoms in total. The summed E-state index contributed by atoms with van der Waals surface area (Å²) in [5, 5.41) is 2.73. The first-order valence-electron chi connectivity index (χ1n) is 7.28. The number of rotatable bonds is 3. The minimum Gasteiger partial charge on any atom is -0.343 e. The van der Waals surface area contributed by atoms with Gasteiger partial charge in [0, 0.05) is 16.7 Å². The third-order valence-electron chi connectivity index (χ3n) is 3.74. The molecule has 1 aliphatic rings. The highest BCUT2D eigenvalue weighted by atomic mass is 127. The molecule has 1 N–H and O–H groups in total. The zero-order valence-electron chi connectivity index (χ0n) is 12.4. The average Bonchev–Trinajstić information content (AvgIpc) is 2.43. The second kappa shape index (κ2) is 7.24. The third kappa shape index (κ3) is 4.43. The van der Waals surface area contributed by atoms with Gasteiger partial charge in [-0.05, 0) is 53.0 Å². The van der Waals surface area contributed by atoms with Gasteiger partial charge in [0.1, 0.15) is 0 Å². The molecule has 0 aliphatic carbocycles. The highest BCUT2D eigenvalue weighted by molar-refractivity contribution is 14.1. The maximum atomic E-state index is 12.2. The number of benzene rings is 1. The number of carbonyl (C=O) groups is 2. The average molecular weight is 400 g/mol. The van der Waals surface area contributed by atoms with E-state index in [-0.39, 0.29) is 18.4 Å². The summed E-state index contributed by atoms with van der Waals surface area (Å²) in [5.41, 5.74) is 0.617. The summed E-state index contributed by atoms with van der Waals surface area (Å²) in [7, 11) is 0. The van der Waals surface area contributed by atoms with Crippen LogP contribution < -0.4 is 5.32 Å². The number of carbonyl (C=O) groups excluding carboxylic acids is 2. The van der Waals surface area contributed by atoms with E-state index >= 15 is 0 Å². The number of hydrogen-bond donors (Lipinski definition) is 1. The van der Waals surface area contributed by atoms with E-state index in [1.807, 2.05) is 23.1 Å². The van der Waals surface area contributed by atoms with E-state index in [9.17, 15) is 9.59 Å². The van der Waals surface area contributed by atoms with E-state index in [1.165, 1.54) is 6.42 Å². The molecule has 2 unspecified atom stereocenters. The lowest BCUT2D eigenvalue weighted by atomic mass is 9.92. The summed E-state index contributed by atoms with van der Waals surface area (Å²) in [4.78, 5) is 26.2. The van der Waals surface area contributed by atoms with Crippen molar-refractivity contribution in [3.63, 3.8) is 0 Å². The fourth-order valence-electron chi connectivity index (χ4n) is 2.87. The van der Waals surface area contributed by atoms with Gasteiger partial charge in [0.05, 0.1) is 12.1 Å². The van der Waals surface area contributed by atoms with Gasteiger partial charge >= 0.3 is 0 Å². The van der Waals surface area contributed by atoms with E-state index in [0.29, 0.717) is 17.4 Å². The van der Waals surface area contributed by atoms with Gasteiger partial charge in [-0.2, -0.15) is 0 Å². The molecule has 0 radical (unpaired) electrons. The first-order valence-corrected chi connectivity index (χ1v) is 8.35. The van der Waals surface area contributed by atoms with Crippen LogP contribution >= 0.6 is 22.6 Å². The van der Waals surface area contributed by atoms with Crippen molar-refractivity contribution in [2.75, 3.05) is 19.6 Å². The molecule has 1 aliphatic heterocycles. The van der Waals surface area contributed by atoms with Crippen molar-refractivity contribution in [3.8, 4) is 0 Å². The Hall–Kier alpha value is -1.11. The van der Waals surface area contributed by atoms with Gasteiger partial charge in [0.2, 0.25) is 5.91 Å². The van der Waals surface area contributed by atoms with Crippen molar-refractivity contribution >= 4 is 34.4 Å².